The lowest BCUT2D eigenvalue weighted by Gasteiger charge is -2.28. The number of rotatable bonds is 6. The Morgan fingerprint density at radius 1 is 1.15 bits per heavy atom. The molecule has 7 heteroatoms. The molecule has 1 aliphatic heterocycles. The quantitative estimate of drug-likeness (QED) is 0.464. The van der Waals surface area contributed by atoms with Crippen molar-refractivity contribution >= 4 is 44.2 Å². The van der Waals surface area contributed by atoms with Crippen LogP contribution in [0.1, 0.15) is 46.3 Å². The summed E-state index contributed by atoms with van der Waals surface area (Å²) in [7, 11) is 0. The molecule has 1 amide bonds. The average molecular weight is 484 g/mol. The summed E-state index contributed by atoms with van der Waals surface area (Å²) in [6.45, 7) is 7.09. The molecule has 0 N–H and O–H groups in total. The number of anilines is 1. The van der Waals surface area contributed by atoms with Crippen LogP contribution in [0, 0.1) is 6.92 Å². The van der Waals surface area contributed by atoms with Crippen LogP contribution in [-0.2, 0) is 17.6 Å². The molecule has 0 saturated carbocycles. The Hall–Kier alpha value is -1.99. The Morgan fingerprint density at radius 2 is 1.94 bits per heavy atom. The molecule has 1 fully saturated rings. The number of hydrogen-bond acceptors (Lipinski definition) is 5. The molecule has 0 radical (unpaired) electrons. The van der Waals surface area contributed by atoms with E-state index in [2.05, 4.69) is 17.0 Å². The second-order valence-corrected chi connectivity index (χ2v) is 10.4. The van der Waals surface area contributed by atoms with Crippen LogP contribution in [0.25, 0.3) is 10.2 Å². The van der Waals surface area contributed by atoms with Gasteiger partial charge in [0.25, 0.3) is 5.91 Å². The minimum absolute atomic E-state index is 0.0261. The highest BCUT2D eigenvalue weighted by Gasteiger charge is 2.24. The summed E-state index contributed by atoms with van der Waals surface area (Å²) >= 11 is 7.99. The van der Waals surface area contributed by atoms with Gasteiger partial charge in [-0.05, 0) is 73.9 Å². The number of aromatic nitrogens is 1. The number of fused-ring (bicyclic) bond motifs is 2. The van der Waals surface area contributed by atoms with Crippen LogP contribution in [0.5, 0.6) is 0 Å². The molecule has 5 rings (SSSR count). The number of carbonyl (C=O) groups excluding carboxylic acids is 1. The van der Waals surface area contributed by atoms with Crippen molar-refractivity contribution in [1.82, 2.24) is 9.88 Å². The molecule has 1 saturated heterocycles. The van der Waals surface area contributed by atoms with E-state index in [4.69, 9.17) is 21.3 Å². The number of thiazole rings is 1. The van der Waals surface area contributed by atoms with Crippen molar-refractivity contribution in [3.63, 3.8) is 0 Å². The number of benzene rings is 2. The van der Waals surface area contributed by atoms with Crippen molar-refractivity contribution in [2.75, 3.05) is 44.3 Å². The van der Waals surface area contributed by atoms with Gasteiger partial charge in [-0.1, -0.05) is 35.1 Å². The maximum absolute atomic E-state index is 13.8. The summed E-state index contributed by atoms with van der Waals surface area (Å²) in [6, 6.07) is 10.1. The van der Waals surface area contributed by atoms with Crippen LogP contribution >= 0.6 is 22.9 Å². The average Bonchev–Trinajstić information content (AvgIpc) is 3.31. The summed E-state index contributed by atoms with van der Waals surface area (Å²) in [5.41, 5.74) is 5.43. The Morgan fingerprint density at radius 3 is 2.73 bits per heavy atom. The maximum Gasteiger partial charge on any atom is 0.260 e. The lowest BCUT2D eigenvalue weighted by molar-refractivity contribution is 0.0376. The van der Waals surface area contributed by atoms with Crippen molar-refractivity contribution in [3.8, 4) is 0 Å². The molecule has 1 aliphatic carbocycles. The lowest BCUT2D eigenvalue weighted by Crippen LogP contribution is -2.39. The molecule has 2 aliphatic rings. The van der Waals surface area contributed by atoms with Crippen LogP contribution in [-0.4, -0.2) is 55.2 Å². The van der Waals surface area contributed by atoms with E-state index < -0.39 is 0 Å². The van der Waals surface area contributed by atoms with Gasteiger partial charge < -0.3 is 4.74 Å². The Balaban J connectivity index is 1.43. The second kappa shape index (κ2) is 10.1. The normalized spacial score (nSPS) is 16.7. The van der Waals surface area contributed by atoms with E-state index in [1.54, 1.807) is 0 Å². The highest BCUT2D eigenvalue weighted by Crippen LogP contribution is 2.36. The van der Waals surface area contributed by atoms with Crippen molar-refractivity contribution < 1.29 is 9.53 Å². The van der Waals surface area contributed by atoms with E-state index in [1.165, 1.54) is 35.3 Å². The molecule has 3 aromatic rings. The topological polar surface area (TPSA) is 45.7 Å². The fourth-order valence-corrected chi connectivity index (χ4v) is 6.13. The smallest absolute Gasteiger partial charge is 0.260 e. The van der Waals surface area contributed by atoms with Gasteiger partial charge in [0, 0.05) is 31.7 Å². The lowest BCUT2D eigenvalue weighted by atomic mass is 9.90. The van der Waals surface area contributed by atoms with Crippen LogP contribution in [0.4, 0.5) is 5.13 Å². The van der Waals surface area contributed by atoms with Gasteiger partial charge in [0.05, 0.1) is 28.5 Å². The van der Waals surface area contributed by atoms with Gasteiger partial charge >= 0.3 is 0 Å². The third kappa shape index (κ3) is 4.94. The third-order valence-corrected chi connectivity index (χ3v) is 8.26. The van der Waals surface area contributed by atoms with Crippen LogP contribution < -0.4 is 4.90 Å². The summed E-state index contributed by atoms with van der Waals surface area (Å²) in [4.78, 5) is 22.9. The number of nitrogens with zero attached hydrogens (tertiary/aromatic N) is 3. The number of ether oxygens (including phenoxy) is 1. The molecule has 5 nitrogen and oxygen atoms in total. The second-order valence-electron chi connectivity index (χ2n) is 8.99. The predicted octanol–water partition coefficient (Wildman–Crippen LogP) is 5.51. The van der Waals surface area contributed by atoms with Crippen LogP contribution in [0.2, 0.25) is 5.02 Å². The fraction of sp³-hybridized carbons (Fsp3) is 0.462. The molecule has 1 aromatic heterocycles. The van der Waals surface area contributed by atoms with E-state index in [1.807, 2.05) is 30.0 Å². The summed E-state index contributed by atoms with van der Waals surface area (Å²) in [5.74, 6) is 0.0261. The van der Waals surface area contributed by atoms with E-state index >= 15 is 0 Å². The first-order valence-corrected chi connectivity index (χ1v) is 13.1. The number of aryl methyl sites for hydroxylation is 3. The van der Waals surface area contributed by atoms with Crippen molar-refractivity contribution in [2.24, 2.45) is 0 Å². The molecular weight excluding hydrogens is 454 g/mol. The molecule has 0 unspecified atom stereocenters. The standard InChI is InChI=1S/C26H30ClN3O2S/c1-18-7-10-22(27)24-23(18)28-26(33-24)30(12-4-11-29-13-15-32-16-14-29)25(31)21-9-8-19-5-2-3-6-20(19)17-21/h7-10,17H,2-6,11-16H2,1H3. The molecule has 33 heavy (non-hydrogen) atoms. The van der Waals surface area contributed by atoms with E-state index in [9.17, 15) is 4.79 Å². The van der Waals surface area contributed by atoms with Gasteiger partial charge in [-0.3, -0.25) is 14.6 Å². The molecular formula is C26H30ClN3O2S. The number of hydrogen-bond donors (Lipinski definition) is 0. The Labute approximate surface area is 204 Å². The maximum atomic E-state index is 13.8. The molecule has 2 aromatic carbocycles. The largest absolute Gasteiger partial charge is 0.379 e. The SMILES string of the molecule is Cc1ccc(Cl)c2sc(N(CCCN3CCOCC3)C(=O)c3ccc4c(c3)CCCC4)nc12. The number of halogens is 1. The summed E-state index contributed by atoms with van der Waals surface area (Å²) in [6.07, 6.45) is 5.49. The first-order valence-electron chi connectivity index (χ1n) is 11.9. The number of morpholine rings is 1. The van der Waals surface area contributed by atoms with Gasteiger partial charge in [0.1, 0.15) is 0 Å². The molecule has 0 atom stereocenters. The van der Waals surface area contributed by atoms with Crippen molar-refractivity contribution in [2.45, 2.75) is 39.0 Å². The number of amides is 1. The molecule has 0 spiro atoms. The zero-order valence-corrected chi connectivity index (χ0v) is 20.7. The molecule has 0 bridgehead atoms. The van der Waals surface area contributed by atoms with Gasteiger partial charge in [0.2, 0.25) is 0 Å². The minimum Gasteiger partial charge on any atom is -0.379 e. The zero-order valence-electron chi connectivity index (χ0n) is 19.1. The highest BCUT2D eigenvalue weighted by atomic mass is 35.5. The van der Waals surface area contributed by atoms with Crippen LogP contribution in [0.3, 0.4) is 0 Å². The summed E-state index contributed by atoms with van der Waals surface area (Å²) in [5, 5.41) is 1.42. The minimum atomic E-state index is 0.0261. The van der Waals surface area contributed by atoms with E-state index in [-0.39, 0.29) is 5.91 Å². The monoisotopic (exact) mass is 483 g/mol. The van der Waals surface area contributed by atoms with E-state index in [0.29, 0.717) is 11.6 Å². The summed E-state index contributed by atoms with van der Waals surface area (Å²) < 4.78 is 6.41. The van der Waals surface area contributed by atoms with Gasteiger partial charge in [0.15, 0.2) is 5.13 Å². The highest BCUT2D eigenvalue weighted by molar-refractivity contribution is 7.23. The number of carbonyl (C=O) groups is 1. The van der Waals surface area contributed by atoms with Crippen molar-refractivity contribution in [1.29, 1.82) is 0 Å². The Kier molecular flexibility index (Phi) is 6.97. The molecule has 174 valence electrons. The van der Waals surface area contributed by atoms with Gasteiger partial charge in [-0.15, -0.1) is 0 Å². The molecule has 2 heterocycles. The van der Waals surface area contributed by atoms with E-state index in [0.717, 1.165) is 78.6 Å². The third-order valence-electron chi connectivity index (χ3n) is 6.72. The first kappa shape index (κ1) is 22.8. The predicted molar refractivity (Wildman–Crippen MR) is 136 cm³/mol. The van der Waals surface area contributed by atoms with Crippen LogP contribution in [0.15, 0.2) is 30.3 Å². The first-order chi connectivity index (χ1) is 16.1. The van der Waals surface area contributed by atoms with Gasteiger partial charge in [-0.2, -0.15) is 0 Å². The van der Waals surface area contributed by atoms with Gasteiger partial charge in [-0.25, -0.2) is 4.98 Å². The Bertz CT molecular complexity index is 1120. The fourth-order valence-electron chi connectivity index (χ4n) is 4.79. The zero-order chi connectivity index (χ0) is 22.8. The van der Waals surface area contributed by atoms with Crippen molar-refractivity contribution in [3.05, 3.63) is 57.6 Å².